The molecule has 0 aliphatic heterocycles. The Morgan fingerprint density at radius 2 is 2.06 bits per heavy atom. The molecule has 3 unspecified atom stereocenters. The summed E-state index contributed by atoms with van der Waals surface area (Å²) in [6, 6.07) is -0.347. The van der Waals surface area contributed by atoms with Gasteiger partial charge in [-0.2, -0.15) is 0 Å². The van der Waals surface area contributed by atoms with E-state index in [9.17, 15) is 9.59 Å². The summed E-state index contributed by atoms with van der Waals surface area (Å²) in [5.74, 6) is -1.09. The summed E-state index contributed by atoms with van der Waals surface area (Å²) in [4.78, 5) is 22.8. The van der Waals surface area contributed by atoms with Crippen LogP contribution in [-0.4, -0.2) is 29.1 Å². The van der Waals surface area contributed by atoms with Crippen LogP contribution < -0.4 is 11.1 Å². The number of carboxylic acids is 1. The van der Waals surface area contributed by atoms with Gasteiger partial charge < -0.3 is 16.2 Å². The van der Waals surface area contributed by atoms with Crippen molar-refractivity contribution in [3.63, 3.8) is 0 Å². The van der Waals surface area contributed by atoms with Crippen molar-refractivity contribution < 1.29 is 14.7 Å². The van der Waals surface area contributed by atoms with Gasteiger partial charge in [0, 0.05) is 12.1 Å². The van der Waals surface area contributed by atoms with Gasteiger partial charge in [0.1, 0.15) is 0 Å². The number of amides is 1. The van der Waals surface area contributed by atoms with Crippen LogP contribution in [0.1, 0.15) is 51.9 Å². The largest absolute Gasteiger partial charge is 0.481 e. The number of carbonyl (C=O) groups excluding carboxylic acids is 1. The van der Waals surface area contributed by atoms with E-state index in [4.69, 9.17) is 10.8 Å². The van der Waals surface area contributed by atoms with Crippen LogP contribution in [0.25, 0.3) is 0 Å². The summed E-state index contributed by atoms with van der Waals surface area (Å²) in [6.07, 6.45) is 5.35. The maximum atomic E-state index is 12.1. The SMILES string of the molecule is CCCC(CC(=O)O)NC(=O)C1CCCCC1N. The first kappa shape index (κ1) is 15.0. The molecule has 0 aromatic heterocycles. The molecule has 0 aromatic rings. The van der Waals surface area contributed by atoms with Crippen LogP contribution >= 0.6 is 0 Å². The molecule has 5 nitrogen and oxygen atoms in total. The van der Waals surface area contributed by atoms with Gasteiger partial charge in [-0.1, -0.05) is 26.2 Å². The Bertz CT molecular complexity index is 294. The molecule has 0 bridgehead atoms. The summed E-state index contributed by atoms with van der Waals surface area (Å²) in [7, 11) is 0. The highest BCUT2D eigenvalue weighted by molar-refractivity contribution is 5.80. The van der Waals surface area contributed by atoms with Crippen molar-refractivity contribution in [2.75, 3.05) is 0 Å². The van der Waals surface area contributed by atoms with Crippen molar-refractivity contribution in [3.05, 3.63) is 0 Å². The first-order chi connectivity index (χ1) is 8.54. The Balaban J connectivity index is 2.51. The molecule has 1 aliphatic rings. The number of hydrogen-bond donors (Lipinski definition) is 3. The smallest absolute Gasteiger partial charge is 0.305 e. The minimum absolute atomic E-state index is 0.0124. The summed E-state index contributed by atoms with van der Waals surface area (Å²) in [6.45, 7) is 1.98. The molecular formula is C13H24N2O3. The lowest BCUT2D eigenvalue weighted by Crippen LogP contribution is -2.47. The quantitative estimate of drug-likeness (QED) is 0.667. The molecule has 18 heavy (non-hydrogen) atoms. The molecular weight excluding hydrogens is 232 g/mol. The first-order valence-electron chi connectivity index (χ1n) is 6.82. The third-order valence-electron chi connectivity index (χ3n) is 3.56. The van der Waals surface area contributed by atoms with Crippen molar-refractivity contribution in [2.45, 2.75) is 64.0 Å². The van der Waals surface area contributed by atoms with Gasteiger partial charge in [0.05, 0.1) is 12.3 Å². The fraction of sp³-hybridized carbons (Fsp3) is 0.846. The van der Waals surface area contributed by atoms with Crippen LogP contribution in [0.4, 0.5) is 0 Å². The monoisotopic (exact) mass is 256 g/mol. The molecule has 3 atom stereocenters. The topological polar surface area (TPSA) is 92.4 Å². The zero-order chi connectivity index (χ0) is 13.5. The number of nitrogens with two attached hydrogens (primary N) is 1. The highest BCUT2D eigenvalue weighted by atomic mass is 16.4. The maximum absolute atomic E-state index is 12.1. The molecule has 5 heteroatoms. The Morgan fingerprint density at radius 1 is 1.39 bits per heavy atom. The van der Waals surface area contributed by atoms with Crippen molar-refractivity contribution >= 4 is 11.9 Å². The van der Waals surface area contributed by atoms with E-state index in [2.05, 4.69) is 5.32 Å². The number of aliphatic carboxylic acids is 1. The minimum Gasteiger partial charge on any atom is -0.481 e. The standard InChI is InChI=1S/C13H24N2O3/c1-2-5-9(8-12(16)17)15-13(18)10-6-3-4-7-11(10)14/h9-11H,2-8,14H2,1H3,(H,15,18)(H,16,17). The van der Waals surface area contributed by atoms with Gasteiger partial charge in [-0.15, -0.1) is 0 Å². The zero-order valence-corrected chi connectivity index (χ0v) is 11.0. The molecule has 1 aliphatic carbocycles. The number of carboxylic acid groups (broad SMARTS) is 1. The lowest BCUT2D eigenvalue weighted by molar-refractivity contribution is -0.138. The molecule has 1 amide bonds. The molecule has 0 saturated heterocycles. The zero-order valence-electron chi connectivity index (χ0n) is 11.0. The second-order valence-corrected chi connectivity index (χ2v) is 5.15. The number of hydrogen-bond acceptors (Lipinski definition) is 3. The van der Waals surface area contributed by atoms with E-state index in [1.165, 1.54) is 0 Å². The van der Waals surface area contributed by atoms with Crippen LogP contribution in [0.5, 0.6) is 0 Å². The third kappa shape index (κ3) is 4.64. The van der Waals surface area contributed by atoms with Gasteiger partial charge in [-0.05, 0) is 19.3 Å². The molecule has 0 aromatic carbocycles. The van der Waals surface area contributed by atoms with E-state index in [-0.39, 0.29) is 30.3 Å². The van der Waals surface area contributed by atoms with E-state index in [1.54, 1.807) is 0 Å². The predicted octanol–water partition coefficient (Wildman–Crippen LogP) is 1.26. The van der Waals surface area contributed by atoms with Gasteiger partial charge in [0.25, 0.3) is 0 Å². The normalized spacial score (nSPS) is 25.4. The van der Waals surface area contributed by atoms with Crippen molar-refractivity contribution in [1.82, 2.24) is 5.32 Å². The highest BCUT2D eigenvalue weighted by Gasteiger charge is 2.29. The second kappa shape index (κ2) is 7.36. The van der Waals surface area contributed by atoms with Crippen LogP contribution in [0.3, 0.4) is 0 Å². The van der Waals surface area contributed by atoms with E-state index in [0.29, 0.717) is 6.42 Å². The predicted molar refractivity (Wildman–Crippen MR) is 69.0 cm³/mol. The summed E-state index contributed by atoms with van der Waals surface area (Å²) in [5, 5.41) is 11.7. The highest BCUT2D eigenvalue weighted by Crippen LogP contribution is 2.23. The Kier molecular flexibility index (Phi) is 6.12. The van der Waals surface area contributed by atoms with Crippen molar-refractivity contribution in [2.24, 2.45) is 11.7 Å². The minimum atomic E-state index is -0.873. The summed E-state index contributed by atoms with van der Waals surface area (Å²) >= 11 is 0. The average molecular weight is 256 g/mol. The van der Waals surface area contributed by atoms with Gasteiger partial charge in [0.15, 0.2) is 0 Å². The molecule has 1 saturated carbocycles. The number of carbonyl (C=O) groups is 2. The van der Waals surface area contributed by atoms with Gasteiger partial charge in [-0.25, -0.2) is 0 Å². The van der Waals surface area contributed by atoms with Crippen LogP contribution in [-0.2, 0) is 9.59 Å². The third-order valence-corrected chi connectivity index (χ3v) is 3.56. The van der Waals surface area contributed by atoms with Gasteiger partial charge in [-0.3, -0.25) is 9.59 Å². The Morgan fingerprint density at radius 3 is 2.61 bits per heavy atom. The van der Waals surface area contributed by atoms with Crippen LogP contribution in [0, 0.1) is 5.92 Å². The van der Waals surface area contributed by atoms with Gasteiger partial charge >= 0.3 is 5.97 Å². The Labute approximate surface area is 108 Å². The first-order valence-corrected chi connectivity index (χ1v) is 6.82. The van der Waals surface area contributed by atoms with E-state index in [1.807, 2.05) is 6.92 Å². The van der Waals surface area contributed by atoms with Crippen LogP contribution in [0.2, 0.25) is 0 Å². The second-order valence-electron chi connectivity index (χ2n) is 5.15. The fourth-order valence-electron chi connectivity index (χ4n) is 2.58. The lowest BCUT2D eigenvalue weighted by Gasteiger charge is -2.29. The maximum Gasteiger partial charge on any atom is 0.305 e. The lowest BCUT2D eigenvalue weighted by atomic mass is 9.84. The molecule has 1 rings (SSSR count). The molecule has 4 N–H and O–H groups in total. The Hall–Kier alpha value is -1.10. The summed E-state index contributed by atoms with van der Waals surface area (Å²) < 4.78 is 0. The number of nitrogens with one attached hydrogen (secondary N) is 1. The van der Waals surface area contributed by atoms with E-state index < -0.39 is 5.97 Å². The molecule has 0 spiro atoms. The molecule has 0 radical (unpaired) electrons. The van der Waals surface area contributed by atoms with Crippen LogP contribution in [0.15, 0.2) is 0 Å². The molecule has 1 fully saturated rings. The van der Waals surface area contributed by atoms with E-state index >= 15 is 0 Å². The average Bonchev–Trinajstić information content (AvgIpc) is 2.28. The molecule has 104 valence electrons. The molecule has 0 heterocycles. The van der Waals surface area contributed by atoms with Crippen molar-refractivity contribution in [1.29, 1.82) is 0 Å². The summed E-state index contributed by atoms with van der Waals surface area (Å²) in [5.41, 5.74) is 5.95. The van der Waals surface area contributed by atoms with Crippen molar-refractivity contribution in [3.8, 4) is 0 Å². The van der Waals surface area contributed by atoms with Gasteiger partial charge in [0.2, 0.25) is 5.91 Å². The number of rotatable bonds is 6. The van der Waals surface area contributed by atoms with E-state index in [0.717, 1.165) is 32.1 Å². The fourth-order valence-corrected chi connectivity index (χ4v) is 2.58.